The number of carbonyl (C=O) groups is 1. The van der Waals surface area contributed by atoms with E-state index in [0.29, 0.717) is 0 Å². The highest BCUT2D eigenvalue weighted by Crippen LogP contribution is 2.14. The van der Waals surface area contributed by atoms with Crippen molar-refractivity contribution in [3.05, 3.63) is 0 Å². The van der Waals surface area contributed by atoms with Gasteiger partial charge in [-0.3, -0.25) is 4.90 Å². The molecular formula is C12H26N4O6. The van der Waals surface area contributed by atoms with Gasteiger partial charge in [-0.05, 0) is 11.1 Å². The van der Waals surface area contributed by atoms with Crippen molar-refractivity contribution >= 4 is 11.9 Å². The van der Waals surface area contributed by atoms with Gasteiger partial charge >= 0.3 is 5.97 Å². The number of carbonyl (C=O) groups excluding carboxylic acids is 1. The van der Waals surface area contributed by atoms with E-state index in [0.717, 1.165) is 0 Å². The first kappa shape index (κ1) is 20.5. The third-order valence-corrected chi connectivity index (χ3v) is 2.82. The number of nitrogens with two attached hydrogens (primary N) is 2. The number of oxime groups is 1. The van der Waals surface area contributed by atoms with Crippen LogP contribution in [0.15, 0.2) is 5.16 Å². The topological polar surface area (TPSA) is 175 Å². The normalized spacial score (nSPS) is 15.5. The van der Waals surface area contributed by atoms with E-state index in [2.05, 4.69) is 9.99 Å². The van der Waals surface area contributed by atoms with E-state index in [-0.39, 0.29) is 19.0 Å². The summed E-state index contributed by atoms with van der Waals surface area (Å²) in [7, 11) is 0. The molecule has 0 heterocycles. The van der Waals surface area contributed by atoms with Crippen LogP contribution in [0.2, 0.25) is 0 Å². The molecule has 0 aromatic carbocycles. The predicted octanol–water partition coefficient (Wildman–Crippen LogP) is -3.25. The van der Waals surface area contributed by atoms with Crippen LogP contribution >= 0.6 is 0 Å². The van der Waals surface area contributed by atoms with Crippen LogP contribution in [0.1, 0.15) is 13.8 Å². The molecule has 0 aromatic heterocycles. The largest absolute Gasteiger partial charge is 0.394 e. The van der Waals surface area contributed by atoms with Crippen LogP contribution in [-0.4, -0.2) is 81.8 Å². The highest BCUT2D eigenvalue weighted by molar-refractivity contribution is 5.79. The molecular weight excluding hydrogens is 296 g/mol. The van der Waals surface area contributed by atoms with E-state index in [1.165, 1.54) is 4.90 Å². The number of nitrogens with zero attached hydrogens (tertiary/aromatic N) is 2. The molecule has 0 aromatic rings. The van der Waals surface area contributed by atoms with E-state index in [1.807, 2.05) is 0 Å². The molecule has 0 aliphatic carbocycles. The van der Waals surface area contributed by atoms with Crippen LogP contribution in [0.25, 0.3) is 0 Å². The van der Waals surface area contributed by atoms with Crippen LogP contribution in [0.5, 0.6) is 0 Å². The van der Waals surface area contributed by atoms with Crippen LogP contribution in [0.4, 0.5) is 0 Å². The first-order valence-electron chi connectivity index (χ1n) is 6.84. The molecule has 0 rings (SSSR count). The highest BCUT2D eigenvalue weighted by Gasteiger charge is 2.33. The molecule has 130 valence electrons. The number of hydrogen-bond donors (Lipinski definition) is 6. The standard InChI is InChI=1S/C12H26N4O6/c1-7(2)10(11(21)22-15-12(13)14)16(3-8(19)5-17)4-9(20)6-18/h7-10,17-20H,3-6H2,1-2H3,(H4,13,14,15). The van der Waals surface area contributed by atoms with E-state index in [9.17, 15) is 15.0 Å². The molecule has 0 saturated heterocycles. The van der Waals surface area contributed by atoms with Crippen LogP contribution in [-0.2, 0) is 9.63 Å². The molecule has 0 fully saturated rings. The zero-order chi connectivity index (χ0) is 17.3. The number of guanidine groups is 1. The maximum absolute atomic E-state index is 12.1. The zero-order valence-corrected chi connectivity index (χ0v) is 12.8. The highest BCUT2D eigenvalue weighted by atomic mass is 16.7. The third kappa shape index (κ3) is 7.52. The van der Waals surface area contributed by atoms with Gasteiger partial charge in [0.2, 0.25) is 5.96 Å². The zero-order valence-electron chi connectivity index (χ0n) is 12.8. The predicted molar refractivity (Wildman–Crippen MR) is 78.3 cm³/mol. The number of aliphatic hydroxyl groups is 4. The van der Waals surface area contributed by atoms with Gasteiger partial charge in [-0.25, -0.2) is 4.79 Å². The van der Waals surface area contributed by atoms with Crippen molar-refractivity contribution in [2.24, 2.45) is 22.5 Å². The fourth-order valence-corrected chi connectivity index (χ4v) is 1.95. The summed E-state index contributed by atoms with van der Waals surface area (Å²) in [6, 6.07) is -0.884. The number of aliphatic hydroxyl groups excluding tert-OH is 4. The van der Waals surface area contributed by atoms with Gasteiger partial charge in [-0.2, -0.15) is 0 Å². The minimum absolute atomic E-state index is 0.104. The molecule has 0 radical (unpaired) electrons. The van der Waals surface area contributed by atoms with Crippen molar-refractivity contribution in [2.75, 3.05) is 26.3 Å². The first-order chi connectivity index (χ1) is 10.2. The second-order valence-electron chi connectivity index (χ2n) is 5.24. The molecule has 0 bridgehead atoms. The Kier molecular flexibility index (Phi) is 9.61. The lowest BCUT2D eigenvalue weighted by Gasteiger charge is -2.34. The summed E-state index contributed by atoms with van der Waals surface area (Å²) in [6.45, 7) is 2.22. The summed E-state index contributed by atoms with van der Waals surface area (Å²) in [4.78, 5) is 18.1. The lowest BCUT2D eigenvalue weighted by atomic mass is 10.0. The average molecular weight is 322 g/mol. The van der Waals surface area contributed by atoms with Crippen molar-refractivity contribution in [1.29, 1.82) is 0 Å². The quantitative estimate of drug-likeness (QED) is 0.104. The summed E-state index contributed by atoms with van der Waals surface area (Å²) in [5.74, 6) is -1.47. The molecule has 0 aliphatic heterocycles. The maximum Gasteiger partial charge on any atom is 0.352 e. The molecule has 0 saturated carbocycles. The van der Waals surface area contributed by atoms with Crippen molar-refractivity contribution in [3.8, 4) is 0 Å². The van der Waals surface area contributed by atoms with Gasteiger partial charge in [0.05, 0.1) is 25.4 Å². The van der Waals surface area contributed by atoms with Crippen molar-refractivity contribution in [2.45, 2.75) is 32.1 Å². The van der Waals surface area contributed by atoms with E-state index in [4.69, 9.17) is 21.7 Å². The van der Waals surface area contributed by atoms with Gasteiger partial charge in [0.15, 0.2) is 0 Å². The van der Waals surface area contributed by atoms with Crippen molar-refractivity contribution in [3.63, 3.8) is 0 Å². The van der Waals surface area contributed by atoms with Gasteiger partial charge in [-0.1, -0.05) is 13.8 Å². The minimum atomic E-state index is -1.12. The molecule has 3 atom stereocenters. The Labute approximate surface area is 128 Å². The van der Waals surface area contributed by atoms with Crippen molar-refractivity contribution in [1.82, 2.24) is 4.90 Å². The first-order valence-corrected chi connectivity index (χ1v) is 6.84. The SMILES string of the molecule is CC(C)C(C(=O)ON=C(N)N)N(CC(O)CO)CC(O)CO. The smallest absolute Gasteiger partial charge is 0.352 e. The number of hydrogen-bond acceptors (Lipinski definition) is 8. The lowest BCUT2D eigenvalue weighted by molar-refractivity contribution is -0.153. The fraction of sp³-hybridized carbons (Fsp3) is 0.833. The fourth-order valence-electron chi connectivity index (χ4n) is 1.95. The van der Waals surface area contributed by atoms with Crippen molar-refractivity contribution < 1.29 is 30.1 Å². The Morgan fingerprint density at radius 2 is 1.59 bits per heavy atom. The summed E-state index contributed by atoms with van der Waals surface area (Å²) in [6.07, 6.45) is -2.24. The van der Waals surface area contributed by atoms with Gasteiger partial charge in [0.1, 0.15) is 6.04 Å². The van der Waals surface area contributed by atoms with E-state index < -0.39 is 43.4 Å². The van der Waals surface area contributed by atoms with Gasteiger partial charge in [-0.15, -0.1) is 0 Å². The van der Waals surface area contributed by atoms with E-state index in [1.54, 1.807) is 13.8 Å². The molecule has 8 N–H and O–H groups in total. The molecule has 10 nitrogen and oxygen atoms in total. The second-order valence-corrected chi connectivity index (χ2v) is 5.24. The Morgan fingerprint density at radius 3 is 1.91 bits per heavy atom. The lowest BCUT2D eigenvalue weighted by Crippen LogP contribution is -2.52. The van der Waals surface area contributed by atoms with Crippen LogP contribution in [0.3, 0.4) is 0 Å². The third-order valence-electron chi connectivity index (χ3n) is 2.82. The Bertz CT molecular complexity index is 350. The average Bonchev–Trinajstić information content (AvgIpc) is 2.44. The molecule has 10 heteroatoms. The summed E-state index contributed by atoms with van der Waals surface area (Å²) in [5.41, 5.74) is 10.2. The summed E-state index contributed by atoms with van der Waals surface area (Å²) >= 11 is 0. The van der Waals surface area contributed by atoms with Crippen LogP contribution < -0.4 is 11.5 Å². The monoisotopic (exact) mass is 322 g/mol. The Hall–Kier alpha value is -1.46. The Balaban J connectivity index is 5.18. The number of rotatable bonds is 10. The van der Waals surface area contributed by atoms with Gasteiger partial charge in [0.25, 0.3) is 0 Å². The van der Waals surface area contributed by atoms with Gasteiger partial charge in [0, 0.05) is 13.1 Å². The Morgan fingerprint density at radius 1 is 1.14 bits per heavy atom. The minimum Gasteiger partial charge on any atom is -0.394 e. The summed E-state index contributed by atoms with van der Waals surface area (Å²) < 4.78 is 0. The van der Waals surface area contributed by atoms with Gasteiger partial charge < -0.3 is 36.7 Å². The molecule has 3 unspecified atom stereocenters. The van der Waals surface area contributed by atoms with Crippen LogP contribution in [0, 0.1) is 5.92 Å². The van der Waals surface area contributed by atoms with E-state index >= 15 is 0 Å². The second kappa shape index (κ2) is 10.3. The molecule has 22 heavy (non-hydrogen) atoms. The maximum atomic E-state index is 12.1. The molecule has 0 aliphatic rings. The molecule has 0 spiro atoms. The summed E-state index contributed by atoms with van der Waals surface area (Å²) in [5, 5.41) is 40.3. The molecule has 0 amide bonds.